The largest absolute Gasteiger partial charge is 0.399 e. The number of nitrogens with one attached hydrogen (secondary N) is 2. The molecule has 0 amide bonds. The van der Waals surface area contributed by atoms with Crippen LogP contribution in [0.3, 0.4) is 0 Å². The van der Waals surface area contributed by atoms with Crippen LogP contribution < -0.4 is 22.1 Å². The van der Waals surface area contributed by atoms with Crippen molar-refractivity contribution >= 4 is 22.7 Å². The molecule has 0 aromatic heterocycles. The van der Waals surface area contributed by atoms with Crippen LogP contribution in [-0.4, -0.2) is 76.4 Å². The Morgan fingerprint density at radius 2 is 0.871 bits per heavy atom. The Labute approximate surface area is 189 Å². The molecule has 0 saturated heterocycles. The van der Waals surface area contributed by atoms with E-state index in [1.807, 2.05) is 48.5 Å². The smallest absolute Gasteiger partial charge is 0.0836 e. The quantitative estimate of drug-likeness (QED) is 0.210. The van der Waals surface area contributed by atoms with Gasteiger partial charge >= 0.3 is 0 Å². The van der Waals surface area contributed by atoms with E-state index in [4.69, 9.17) is 11.5 Å². The van der Waals surface area contributed by atoms with Crippen molar-refractivity contribution in [1.82, 2.24) is 0 Å². The van der Waals surface area contributed by atoms with Crippen molar-refractivity contribution in [2.75, 3.05) is 89.6 Å². The second-order valence-corrected chi connectivity index (χ2v) is 9.92. The first-order valence-corrected chi connectivity index (χ1v) is 11.5. The van der Waals surface area contributed by atoms with E-state index in [-0.39, 0.29) is 0 Å². The summed E-state index contributed by atoms with van der Waals surface area (Å²) in [7, 11) is 9.39. The number of nitrogens with two attached hydrogens (primary N) is 2. The van der Waals surface area contributed by atoms with Gasteiger partial charge in [0.15, 0.2) is 0 Å². The summed E-state index contributed by atoms with van der Waals surface area (Å²) in [6.07, 6.45) is 3.57. The second-order valence-electron chi connectivity index (χ2n) is 9.92. The number of anilines is 4. The van der Waals surface area contributed by atoms with Gasteiger partial charge in [-0.3, -0.25) is 0 Å². The maximum Gasteiger partial charge on any atom is 0.0836 e. The highest BCUT2D eigenvalue weighted by atomic mass is 15.3. The van der Waals surface area contributed by atoms with E-state index in [0.29, 0.717) is 0 Å². The van der Waals surface area contributed by atoms with Gasteiger partial charge < -0.3 is 31.1 Å². The van der Waals surface area contributed by atoms with E-state index in [2.05, 4.69) is 38.8 Å². The molecule has 0 unspecified atom stereocenters. The zero-order chi connectivity index (χ0) is 22.7. The van der Waals surface area contributed by atoms with Crippen molar-refractivity contribution in [3.8, 4) is 0 Å². The SMILES string of the molecule is C[N+](C)(CCCNc1ccc(N)cc1)CCC[N+](C)(C)CCCNc1ccc(N)cc1. The standard InChI is InChI=1S/C25H44N6/c1-30(2,18-5-16-28-24-12-8-22(26)9-13-24)20-7-21-31(3,4)19-6-17-29-25-14-10-23(27)11-15-25/h8-15,28-29H,5-7,16-21,26-27H2,1-4H3/q+2. The van der Waals surface area contributed by atoms with Crippen LogP contribution in [0.25, 0.3) is 0 Å². The first-order chi connectivity index (χ1) is 14.7. The minimum Gasteiger partial charge on any atom is -0.399 e. The highest BCUT2D eigenvalue weighted by Gasteiger charge is 2.19. The van der Waals surface area contributed by atoms with Crippen LogP contribution in [0.2, 0.25) is 0 Å². The average molecular weight is 429 g/mol. The van der Waals surface area contributed by atoms with E-state index < -0.39 is 0 Å². The van der Waals surface area contributed by atoms with Gasteiger partial charge in [0.25, 0.3) is 0 Å². The van der Waals surface area contributed by atoms with Crippen LogP contribution in [0.1, 0.15) is 19.3 Å². The van der Waals surface area contributed by atoms with Crippen LogP contribution in [0.4, 0.5) is 22.7 Å². The Morgan fingerprint density at radius 1 is 0.548 bits per heavy atom. The molecular weight excluding hydrogens is 384 g/mol. The number of rotatable bonds is 14. The third-order valence-corrected chi connectivity index (χ3v) is 5.89. The zero-order valence-electron chi connectivity index (χ0n) is 20.0. The predicted molar refractivity (Wildman–Crippen MR) is 136 cm³/mol. The zero-order valence-corrected chi connectivity index (χ0v) is 20.0. The lowest BCUT2D eigenvalue weighted by molar-refractivity contribution is -0.909. The van der Waals surface area contributed by atoms with Gasteiger partial charge in [0.2, 0.25) is 0 Å². The van der Waals surface area contributed by atoms with Gasteiger partial charge in [0.1, 0.15) is 0 Å². The van der Waals surface area contributed by atoms with Crippen molar-refractivity contribution in [3.63, 3.8) is 0 Å². The summed E-state index contributed by atoms with van der Waals surface area (Å²) < 4.78 is 2.14. The van der Waals surface area contributed by atoms with E-state index in [1.54, 1.807) is 0 Å². The number of hydrogen-bond acceptors (Lipinski definition) is 4. The normalized spacial score (nSPS) is 12.0. The molecule has 0 heterocycles. The predicted octanol–water partition coefficient (Wildman–Crippen LogP) is 3.70. The van der Waals surface area contributed by atoms with E-state index in [9.17, 15) is 0 Å². The molecule has 0 aliphatic heterocycles. The minimum absolute atomic E-state index is 0.808. The summed E-state index contributed by atoms with van der Waals surface area (Å²) in [6, 6.07) is 15.9. The van der Waals surface area contributed by atoms with Crippen LogP contribution in [0.5, 0.6) is 0 Å². The molecule has 0 spiro atoms. The van der Waals surface area contributed by atoms with Crippen molar-refractivity contribution in [3.05, 3.63) is 48.5 Å². The topological polar surface area (TPSA) is 76.1 Å². The molecule has 0 fully saturated rings. The average Bonchev–Trinajstić information content (AvgIpc) is 2.71. The molecule has 0 atom stereocenters. The third kappa shape index (κ3) is 10.4. The Kier molecular flexibility index (Phi) is 9.46. The Bertz CT molecular complexity index is 687. The first-order valence-electron chi connectivity index (χ1n) is 11.5. The maximum atomic E-state index is 5.74. The molecule has 2 rings (SSSR count). The molecule has 172 valence electrons. The second kappa shape index (κ2) is 11.8. The fourth-order valence-electron chi connectivity index (χ4n) is 3.83. The lowest BCUT2D eigenvalue weighted by Gasteiger charge is -2.34. The summed E-state index contributed by atoms with van der Waals surface area (Å²) in [4.78, 5) is 0. The maximum absolute atomic E-state index is 5.74. The first kappa shape index (κ1) is 24.8. The van der Waals surface area contributed by atoms with E-state index >= 15 is 0 Å². The van der Waals surface area contributed by atoms with E-state index in [1.165, 1.54) is 32.6 Å². The molecule has 0 aliphatic carbocycles. The monoisotopic (exact) mass is 428 g/mol. The Hall–Kier alpha value is -2.44. The van der Waals surface area contributed by atoms with Crippen LogP contribution in [-0.2, 0) is 0 Å². The lowest BCUT2D eigenvalue weighted by atomic mass is 10.2. The number of nitrogen functional groups attached to an aromatic ring is 2. The summed E-state index contributed by atoms with van der Waals surface area (Å²) in [5, 5.41) is 6.97. The molecule has 6 heteroatoms. The van der Waals surface area contributed by atoms with Crippen molar-refractivity contribution in [2.24, 2.45) is 0 Å². The summed E-state index contributed by atoms with van der Waals surface area (Å²) >= 11 is 0. The highest BCUT2D eigenvalue weighted by Crippen LogP contribution is 2.12. The molecule has 0 aliphatic rings. The van der Waals surface area contributed by atoms with Crippen LogP contribution >= 0.6 is 0 Å². The summed E-state index contributed by atoms with van der Waals surface area (Å²) in [5.41, 5.74) is 15.4. The number of benzene rings is 2. The summed E-state index contributed by atoms with van der Waals surface area (Å²) in [5.74, 6) is 0. The molecule has 6 N–H and O–H groups in total. The minimum atomic E-state index is 0.808. The van der Waals surface area contributed by atoms with Gasteiger partial charge in [-0.05, 0) is 48.5 Å². The van der Waals surface area contributed by atoms with E-state index in [0.717, 1.165) is 57.6 Å². The molecule has 2 aromatic rings. The molecule has 0 bridgehead atoms. The van der Waals surface area contributed by atoms with Gasteiger partial charge in [-0.15, -0.1) is 0 Å². The fourth-order valence-corrected chi connectivity index (χ4v) is 3.83. The van der Waals surface area contributed by atoms with Gasteiger partial charge in [-0.25, -0.2) is 0 Å². The highest BCUT2D eigenvalue weighted by molar-refractivity contribution is 5.51. The Morgan fingerprint density at radius 3 is 1.23 bits per heavy atom. The van der Waals surface area contributed by atoms with Gasteiger partial charge in [0.05, 0.1) is 54.4 Å². The Balaban J connectivity index is 1.57. The number of quaternary nitrogens is 2. The van der Waals surface area contributed by atoms with Crippen molar-refractivity contribution in [1.29, 1.82) is 0 Å². The molecule has 6 nitrogen and oxygen atoms in total. The van der Waals surface area contributed by atoms with Gasteiger partial charge in [-0.1, -0.05) is 0 Å². The van der Waals surface area contributed by atoms with Gasteiger partial charge in [0, 0.05) is 55.1 Å². The summed E-state index contributed by atoms with van der Waals surface area (Å²) in [6.45, 7) is 6.78. The number of nitrogens with zero attached hydrogens (tertiary/aromatic N) is 2. The van der Waals surface area contributed by atoms with Crippen LogP contribution in [0.15, 0.2) is 48.5 Å². The fraction of sp³-hybridized carbons (Fsp3) is 0.520. The molecule has 31 heavy (non-hydrogen) atoms. The molecule has 0 saturated carbocycles. The third-order valence-electron chi connectivity index (χ3n) is 5.89. The number of hydrogen-bond donors (Lipinski definition) is 4. The molecular formula is C25H44N6+2. The van der Waals surface area contributed by atoms with Gasteiger partial charge in [-0.2, -0.15) is 0 Å². The molecule has 2 aromatic carbocycles. The van der Waals surface area contributed by atoms with Crippen molar-refractivity contribution in [2.45, 2.75) is 19.3 Å². The van der Waals surface area contributed by atoms with Crippen LogP contribution in [0, 0.1) is 0 Å². The lowest BCUT2D eigenvalue weighted by Crippen LogP contribution is -2.46. The van der Waals surface area contributed by atoms with Crippen molar-refractivity contribution < 1.29 is 8.97 Å². The molecule has 0 radical (unpaired) electrons.